The summed E-state index contributed by atoms with van der Waals surface area (Å²) >= 11 is 5.93. The van der Waals surface area contributed by atoms with Gasteiger partial charge in [0.25, 0.3) is 5.91 Å². The molecule has 138 valence electrons. The van der Waals surface area contributed by atoms with E-state index in [9.17, 15) is 9.59 Å². The highest BCUT2D eigenvalue weighted by Crippen LogP contribution is 2.14. The number of hydrogen-bond donors (Lipinski definition) is 1. The van der Waals surface area contributed by atoms with E-state index in [1.165, 1.54) is 11.1 Å². The number of amides is 2. The van der Waals surface area contributed by atoms with Gasteiger partial charge >= 0.3 is 0 Å². The number of primary amides is 1. The molecule has 3 aromatic rings. The SMILES string of the molecule is NC(=O)CN(Cc1cccc(Cl)c1)C(=O)c1cccnc1.c1ccccc1. The summed E-state index contributed by atoms with van der Waals surface area (Å²) in [7, 11) is 0. The van der Waals surface area contributed by atoms with E-state index in [1.807, 2.05) is 42.5 Å². The van der Waals surface area contributed by atoms with E-state index in [4.69, 9.17) is 17.3 Å². The van der Waals surface area contributed by atoms with Crippen LogP contribution in [0, 0.1) is 0 Å². The molecule has 0 atom stereocenters. The molecule has 6 heteroatoms. The fourth-order valence-corrected chi connectivity index (χ4v) is 2.51. The predicted octanol–water partition coefficient (Wildman–Crippen LogP) is 3.55. The molecule has 0 aliphatic carbocycles. The Morgan fingerprint density at radius 1 is 0.963 bits per heavy atom. The van der Waals surface area contributed by atoms with Crippen molar-refractivity contribution >= 4 is 23.4 Å². The van der Waals surface area contributed by atoms with Gasteiger partial charge < -0.3 is 10.6 Å². The molecule has 0 radical (unpaired) electrons. The minimum atomic E-state index is -0.575. The number of nitrogens with zero attached hydrogens (tertiary/aromatic N) is 2. The molecule has 5 nitrogen and oxygen atoms in total. The van der Waals surface area contributed by atoms with Crippen molar-refractivity contribution in [2.75, 3.05) is 6.54 Å². The van der Waals surface area contributed by atoms with Crippen LogP contribution in [0.3, 0.4) is 0 Å². The Balaban J connectivity index is 0.000000369. The lowest BCUT2D eigenvalue weighted by Crippen LogP contribution is -2.38. The van der Waals surface area contributed by atoms with E-state index in [-0.39, 0.29) is 19.0 Å². The molecule has 1 aromatic heterocycles. The Bertz CT molecular complexity index is 831. The molecule has 2 amide bonds. The van der Waals surface area contributed by atoms with Crippen molar-refractivity contribution in [3.8, 4) is 0 Å². The predicted molar refractivity (Wildman–Crippen MR) is 106 cm³/mol. The summed E-state index contributed by atoms with van der Waals surface area (Å²) in [4.78, 5) is 28.9. The third-order valence-corrected chi connectivity index (χ3v) is 3.71. The maximum Gasteiger partial charge on any atom is 0.256 e. The van der Waals surface area contributed by atoms with Crippen molar-refractivity contribution in [3.05, 3.63) is 101 Å². The van der Waals surface area contributed by atoms with Gasteiger partial charge in [0.2, 0.25) is 5.91 Å². The van der Waals surface area contributed by atoms with Crippen LogP contribution in [0.4, 0.5) is 0 Å². The molecule has 0 aliphatic heterocycles. The van der Waals surface area contributed by atoms with Crippen molar-refractivity contribution in [2.24, 2.45) is 5.73 Å². The Kier molecular flexibility index (Phi) is 8.00. The van der Waals surface area contributed by atoms with E-state index in [0.29, 0.717) is 10.6 Å². The molecule has 0 fully saturated rings. The van der Waals surface area contributed by atoms with Gasteiger partial charge in [-0.05, 0) is 29.8 Å². The van der Waals surface area contributed by atoms with Gasteiger partial charge in [0, 0.05) is 24.0 Å². The first-order valence-electron chi connectivity index (χ1n) is 8.28. The van der Waals surface area contributed by atoms with Crippen LogP contribution in [0.2, 0.25) is 5.02 Å². The molecular weight excluding hydrogens is 362 g/mol. The zero-order valence-corrected chi connectivity index (χ0v) is 15.4. The van der Waals surface area contributed by atoms with E-state index in [1.54, 1.807) is 36.5 Å². The highest BCUT2D eigenvalue weighted by atomic mass is 35.5. The van der Waals surface area contributed by atoms with Gasteiger partial charge in [-0.3, -0.25) is 14.6 Å². The zero-order chi connectivity index (χ0) is 19.5. The van der Waals surface area contributed by atoms with Crippen LogP contribution in [-0.4, -0.2) is 28.2 Å². The largest absolute Gasteiger partial charge is 0.368 e. The molecular formula is C21H20ClN3O2. The molecule has 2 N–H and O–H groups in total. The van der Waals surface area contributed by atoms with Gasteiger partial charge in [-0.2, -0.15) is 0 Å². The molecule has 2 aromatic carbocycles. The topological polar surface area (TPSA) is 76.3 Å². The van der Waals surface area contributed by atoms with Gasteiger partial charge in [0.1, 0.15) is 0 Å². The highest BCUT2D eigenvalue weighted by Gasteiger charge is 2.18. The second kappa shape index (κ2) is 10.7. The number of benzene rings is 2. The first kappa shape index (κ1) is 20.1. The quantitative estimate of drug-likeness (QED) is 0.734. The van der Waals surface area contributed by atoms with E-state index in [0.717, 1.165) is 5.56 Å². The summed E-state index contributed by atoms with van der Waals surface area (Å²) in [6.45, 7) is 0.0808. The second-order valence-corrected chi connectivity index (χ2v) is 6.09. The summed E-state index contributed by atoms with van der Waals surface area (Å²) in [5.74, 6) is -0.879. The number of carbonyl (C=O) groups is 2. The standard InChI is InChI=1S/C15H14ClN3O2.C6H6/c16-13-5-1-3-11(7-13)9-19(10-14(17)20)15(21)12-4-2-6-18-8-12;1-2-4-6-5-3-1/h1-8H,9-10H2,(H2,17,20);1-6H. The van der Waals surface area contributed by atoms with Crippen LogP contribution in [0.25, 0.3) is 0 Å². The van der Waals surface area contributed by atoms with Crippen molar-refractivity contribution in [3.63, 3.8) is 0 Å². The Hall–Kier alpha value is -3.18. The molecule has 3 rings (SSSR count). The number of nitrogens with two attached hydrogens (primary N) is 1. The van der Waals surface area contributed by atoms with Crippen LogP contribution in [0.15, 0.2) is 85.2 Å². The van der Waals surface area contributed by atoms with Gasteiger partial charge in [0.05, 0.1) is 12.1 Å². The Morgan fingerprint density at radius 3 is 2.15 bits per heavy atom. The van der Waals surface area contributed by atoms with Crippen molar-refractivity contribution in [2.45, 2.75) is 6.54 Å². The monoisotopic (exact) mass is 381 g/mol. The third kappa shape index (κ3) is 7.30. The number of hydrogen-bond acceptors (Lipinski definition) is 3. The number of rotatable bonds is 5. The molecule has 27 heavy (non-hydrogen) atoms. The maximum absolute atomic E-state index is 12.4. The zero-order valence-electron chi connectivity index (χ0n) is 14.7. The average molecular weight is 382 g/mol. The van der Waals surface area contributed by atoms with Crippen molar-refractivity contribution in [1.82, 2.24) is 9.88 Å². The van der Waals surface area contributed by atoms with Crippen LogP contribution < -0.4 is 5.73 Å². The normalized spacial score (nSPS) is 9.67. The minimum absolute atomic E-state index is 0.166. The van der Waals surface area contributed by atoms with Gasteiger partial charge in [-0.25, -0.2) is 0 Å². The summed E-state index contributed by atoms with van der Waals surface area (Å²) < 4.78 is 0. The lowest BCUT2D eigenvalue weighted by Gasteiger charge is -2.21. The molecule has 0 spiro atoms. The van der Waals surface area contributed by atoms with Crippen molar-refractivity contribution < 1.29 is 9.59 Å². The smallest absolute Gasteiger partial charge is 0.256 e. The van der Waals surface area contributed by atoms with E-state index >= 15 is 0 Å². The number of pyridine rings is 1. The lowest BCUT2D eigenvalue weighted by molar-refractivity contribution is -0.118. The highest BCUT2D eigenvalue weighted by molar-refractivity contribution is 6.30. The average Bonchev–Trinajstić information content (AvgIpc) is 2.69. The molecule has 1 heterocycles. The van der Waals surface area contributed by atoms with Gasteiger partial charge in [0.15, 0.2) is 0 Å². The van der Waals surface area contributed by atoms with E-state index in [2.05, 4.69) is 4.98 Å². The van der Waals surface area contributed by atoms with Crippen LogP contribution in [0.1, 0.15) is 15.9 Å². The summed E-state index contributed by atoms with van der Waals surface area (Å²) in [5, 5.41) is 0.570. The summed E-state index contributed by atoms with van der Waals surface area (Å²) in [6.07, 6.45) is 3.03. The van der Waals surface area contributed by atoms with Gasteiger partial charge in [-0.1, -0.05) is 60.1 Å². The van der Waals surface area contributed by atoms with E-state index < -0.39 is 5.91 Å². The third-order valence-electron chi connectivity index (χ3n) is 3.47. The molecule has 0 saturated carbocycles. The number of halogens is 1. The Morgan fingerprint density at radius 2 is 1.63 bits per heavy atom. The fourth-order valence-electron chi connectivity index (χ4n) is 2.30. The molecule has 0 saturated heterocycles. The first-order chi connectivity index (χ1) is 13.1. The van der Waals surface area contributed by atoms with Crippen LogP contribution in [0.5, 0.6) is 0 Å². The maximum atomic E-state index is 12.4. The molecule has 0 bridgehead atoms. The van der Waals surface area contributed by atoms with Crippen LogP contribution >= 0.6 is 11.6 Å². The lowest BCUT2D eigenvalue weighted by atomic mass is 10.2. The second-order valence-electron chi connectivity index (χ2n) is 5.65. The number of aromatic nitrogens is 1. The summed E-state index contributed by atoms with van der Waals surface area (Å²) in [6, 6.07) is 22.4. The van der Waals surface area contributed by atoms with Crippen molar-refractivity contribution in [1.29, 1.82) is 0 Å². The Labute approximate surface area is 163 Å². The van der Waals surface area contributed by atoms with Gasteiger partial charge in [-0.15, -0.1) is 0 Å². The minimum Gasteiger partial charge on any atom is -0.368 e. The van der Waals surface area contributed by atoms with Crippen LogP contribution in [-0.2, 0) is 11.3 Å². The first-order valence-corrected chi connectivity index (χ1v) is 8.66. The molecule has 0 aliphatic rings. The molecule has 0 unspecified atom stereocenters. The fraction of sp³-hybridized carbons (Fsp3) is 0.0952. The summed E-state index contributed by atoms with van der Waals surface area (Å²) in [5.41, 5.74) is 6.44. The number of carbonyl (C=O) groups excluding carboxylic acids is 2.